The van der Waals surface area contributed by atoms with Crippen molar-refractivity contribution in [2.45, 2.75) is 20.4 Å². The summed E-state index contributed by atoms with van der Waals surface area (Å²) in [7, 11) is 0. The number of anilines is 2. The molecule has 0 aromatic heterocycles. The first-order chi connectivity index (χ1) is 10.1. The summed E-state index contributed by atoms with van der Waals surface area (Å²) in [6.07, 6.45) is 0. The van der Waals surface area contributed by atoms with Crippen LogP contribution in [0.25, 0.3) is 0 Å². The first kappa shape index (κ1) is 13.5. The topological polar surface area (TPSA) is 50.4 Å². The van der Waals surface area contributed by atoms with Gasteiger partial charge in [-0.3, -0.25) is 4.79 Å². The molecule has 2 N–H and O–H groups in total. The van der Waals surface area contributed by atoms with Crippen LogP contribution in [0.3, 0.4) is 0 Å². The largest absolute Gasteiger partial charge is 0.482 e. The summed E-state index contributed by atoms with van der Waals surface area (Å²) in [4.78, 5) is 11.3. The zero-order valence-corrected chi connectivity index (χ0v) is 12.2. The number of ether oxygens (including phenoxy) is 1. The van der Waals surface area contributed by atoms with Crippen molar-refractivity contribution < 1.29 is 9.53 Å². The summed E-state index contributed by atoms with van der Waals surface area (Å²) in [5.74, 6) is 0.599. The van der Waals surface area contributed by atoms with E-state index in [1.807, 2.05) is 18.2 Å². The minimum Gasteiger partial charge on any atom is -0.482 e. The summed E-state index contributed by atoms with van der Waals surface area (Å²) in [6, 6.07) is 12.0. The highest BCUT2D eigenvalue weighted by Crippen LogP contribution is 2.30. The predicted octanol–water partition coefficient (Wildman–Crippen LogP) is 3.25. The zero-order chi connectivity index (χ0) is 14.8. The maximum absolute atomic E-state index is 11.3. The minimum absolute atomic E-state index is 0.0855. The smallest absolute Gasteiger partial charge is 0.262 e. The first-order valence-electron chi connectivity index (χ1n) is 6.99. The van der Waals surface area contributed by atoms with Gasteiger partial charge in [0.15, 0.2) is 6.61 Å². The number of nitrogens with one attached hydrogen (secondary N) is 2. The van der Waals surface area contributed by atoms with Crippen LogP contribution >= 0.6 is 0 Å². The van der Waals surface area contributed by atoms with Crippen LogP contribution in [0, 0.1) is 13.8 Å². The second-order valence-electron chi connectivity index (χ2n) is 5.27. The quantitative estimate of drug-likeness (QED) is 0.908. The van der Waals surface area contributed by atoms with E-state index < -0.39 is 0 Å². The van der Waals surface area contributed by atoms with Gasteiger partial charge in [-0.2, -0.15) is 0 Å². The van der Waals surface area contributed by atoms with Crippen LogP contribution in [0.5, 0.6) is 5.75 Å². The van der Waals surface area contributed by atoms with Gasteiger partial charge >= 0.3 is 0 Å². The highest BCUT2D eigenvalue weighted by Gasteiger charge is 2.15. The van der Waals surface area contributed by atoms with Gasteiger partial charge in [-0.15, -0.1) is 0 Å². The summed E-state index contributed by atoms with van der Waals surface area (Å²) in [5, 5.41) is 6.22. The number of hydrogen-bond acceptors (Lipinski definition) is 3. The summed E-state index contributed by atoms with van der Waals surface area (Å²) in [6.45, 7) is 5.07. The third-order valence-electron chi connectivity index (χ3n) is 3.73. The Labute approximate surface area is 124 Å². The predicted molar refractivity (Wildman–Crippen MR) is 83.8 cm³/mol. The van der Waals surface area contributed by atoms with E-state index in [0.717, 1.165) is 17.9 Å². The SMILES string of the molecule is Cc1cccc(C)c1CNc1ccc2c(c1)NC(=O)CO2. The van der Waals surface area contributed by atoms with E-state index in [9.17, 15) is 4.79 Å². The Morgan fingerprint density at radius 2 is 1.95 bits per heavy atom. The lowest BCUT2D eigenvalue weighted by atomic mass is 10.0. The van der Waals surface area contributed by atoms with Gasteiger partial charge in [0.1, 0.15) is 5.75 Å². The van der Waals surface area contributed by atoms with Gasteiger partial charge in [-0.05, 0) is 48.7 Å². The number of fused-ring (bicyclic) bond motifs is 1. The fourth-order valence-corrected chi connectivity index (χ4v) is 2.51. The number of benzene rings is 2. The van der Waals surface area contributed by atoms with Gasteiger partial charge < -0.3 is 15.4 Å². The molecule has 0 bridgehead atoms. The number of amides is 1. The van der Waals surface area contributed by atoms with Crippen molar-refractivity contribution in [2.24, 2.45) is 0 Å². The first-order valence-corrected chi connectivity index (χ1v) is 6.99. The molecule has 3 rings (SSSR count). The Balaban J connectivity index is 1.77. The molecule has 0 fully saturated rings. The monoisotopic (exact) mass is 282 g/mol. The summed E-state index contributed by atoms with van der Waals surface area (Å²) >= 11 is 0. The lowest BCUT2D eigenvalue weighted by Crippen LogP contribution is -2.25. The fourth-order valence-electron chi connectivity index (χ4n) is 2.51. The molecule has 0 spiro atoms. The highest BCUT2D eigenvalue weighted by atomic mass is 16.5. The van der Waals surface area contributed by atoms with Crippen molar-refractivity contribution in [1.29, 1.82) is 0 Å². The maximum atomic E-state index is 11.3. The Kier molecular flexibility index (Phi) is 3.52. The van der Waals surface area contributed by atoms with Gasteiger partial charge in [0.05, 0.1) is 5.69 Å². The summed E-state index contributed by atoms with van der Waals surface area (Å²) in [5.41, 5.74) is 5.53. The minimum atomic E-state index is -0.116. The molecule has 108 valence electrons. The highest BCUT2D eigenvalue weighted by molar-refractivity contribution is 5.96. The number of aryl methyl sites for hydroxylation is 2. The number of carbonyl (C=O) groups excluding carboxylic acids is 1. The van der Waals surface area contributed by atoms with Crippen molar-refractivity contribution >= 4 is 17.3 Å². The van der Waals surface area contributed by atoms with Crippen molar-refractivity contribution in [3.8, 4) is 5.75 Å². The lowest BCUT2D eigenvalue weighted by molar-refractivity contribution is -0.118. The second-order valence-corrected chi connectivity index (χ2v) is 5.27. The van der Waals surface area contributed by atoms with Gasteiger partial charge in [0, 0.05) is 12.2 Å². The van der Waals surface area contributed by atoms with Crippen molar-refractivity contribution in [3.63, 3.8) is 0 Å². The standard InChI is InChI=1S/C17H18N2O2/c1-11-4-3-5-12(2)14(11)9-18-13-6-7-16-15(8-13)19-17(20)10-21-16/h3-8,18H,9-10H2,1-2H3,(H,19,20). The summed E-state index contributed by atoms with van der Waals surface area (Å²) < 4.78 is 5.35. The molecule has 1 heterocycles. The third-order valence-corrected chi connectivity index (χ3v) is 3.73. The van der Waals surface area contributed by atoms with E-state index in [1.165, 1.54) is 16.7 Å². The molecule has 0 unspecified atom stereocenters. The maximum Gasteiger partial charge on any atom is 0.262 e. The van der Waals surface area contributed by atoms with Crippen LogP contribution in [0.4, 0.5) is 11.4 Å². The lowest BCUT2D eigenvalue weighted by Gasteiger charge is -2.19. The van der Waals surface area contributed by atoms with E-state index in [2.05, 4.69) is 42.7 Å². The number of carbonyl (C=O) groups is 1. The van der Waals surface area contributed by atoms with E-state index in [0.29, 0.717) is 5.75 Å². The average molecular weight is 282 g/mol. The van der Waals surface area contributed by atoms with E-state index in [1.54, 1.807) is 0 Å². The molecule has 2 aromatic carbocycles. The van der Waals surface area contributed by atoms with Crippen molar-refractivity contribution in [3.05, 3.63) is 53.1 Å². The molecule has 2 aromatic rings. The molecule has 21 heavy (non-hydrogen) atoms. The molecule has 0 radical (unpaired) electrons. The number of hydrogen-bond donors (Lipinski definition) is 2. The van der Waals surface area contributed by atoms with Gasteiger partial charge in [-0.25, -0.2) is 0 Å². The van der Waals surface area contributed by atoms with Gasteiger partial charge in [0.25, 0.3) is 5.91 Å². The van der Waals surface area contributed by atoms with Gasteiger partial charge in [-0.1, -0.05) is 18.2 Å². The molecular formula is C17H18N2O2. The normalized spacial score (nSPS) is 13.1. The molecule has 1 aliphatic heterocycles. The molecule has 4 heteroatoms. The molecule has 1 aliphatic rings. The van der Waals surface area contributed by atoms with E-state index in [4.69, 9.17) is 4.74 Å². The van der Waals surface area contributed by atoms with Crippen LogP contribution in [0.2, 0.25) is 0 Å². The van der Waals surface area contributed by atoms with Gasteiger partial charge in [0.2, 0.25) is 0 Å². The second kappa shape index (κ2) is 5.48. The Morgan fingerprint density at radius 3 is 2.71 bits per heavy atom. The average Bonchev–Trinajstić information content (AvgIpc) is 2.46. The third kappa shape index (κ3) is 2.84. The zero-order valence-electron chi connectivity index (χ0n) is 12.2. The van der Waals surface area contributed by atoms with Crippen molar-refractivity contribution in [1.82, 2.24) is 0 Å². The van der Waals surface area contributed by atoms with E-state index in [-0.39, 0.29) is 12.5 Å². The molecule has 0 saturated heterocycles. The van der Waals surface area contributed by atoms with Crippen LogP contribution < -0.4 is 15.4 Å². The number of rotatable bonds is 3. The van der Waals surface area contributed by atoms with Crippen LogP contribution in [0.1, 0.15) is 16.7 Å². The molecule has 0 saturated carbocycles. The van der Waals surface area contributed by atoms with E-state index >= 15 is 0 Å². The Hall–Kier alpha value is -2.49. The molecule has 0 aliphatic carbocycles. The Morgan fingerprint density at radius 1 is 1.19 bits per heavy atom. The molecule has 4 nitrogen and oxygen atoms in total. The molecule has 1 amide bonds. The van der Waals surface area contributed by atoms with Crippen LogP contribution in [-0.4, -0.2) is 12.5 Å². The van der Waals surface area contributed by atoms with Crippen LogP contribution in [-0.2, 0) is 11.3 Å². The van der Waals surface area contributed by atoms with Crippen molar-refractivity contribution in [2.75, 3.05) is 17.2 Å². The fraction of sp³-hybridized carbons (Fsp3) is 0.235. The Bertz CT molecular complexity index is 675. The van der Waals surface area contributed by atoms with Crippen LogP contribution in [0.15, 0.2) is 36.4 Å². The molecule has 0 atom stereocenters. The molecular weight excluding hydrogens is 264 g/mol.